The van der Waals surface area contributed by atoms with Gasteiger partial charge in [0.1, 0.15) is 5.75 Å². The number of sulfonamides is 1. The number of hydrogen-bond donors (Lipinski definition) is 1. The minimum absolute atomic E-state index is 0.0163. The number of nitrogens with one attached hydrogen (secondary N) is 1. The number of rotatable bonds is 8. The number of esters is 1. The Balaban J connectivity index is 1.67. The van der Waals surface area contributed by atoms with Gasteiger partial charge in [-0.3, -0.25) is 9.10 Å². The van der Waals surface area contributed by atoms with E-state index in [0.29, 0.717) is 17.1 Å². The summed E-state index contributed by atoms with van der Waals surface area (Å²) in [7, 11) is -0.957. The number of methoxy groups -OCH3 is 1. The van der Waals surface area contributed by atoms with Gasteiger partial charge in [-0.05, 0) is 49.4 Å². The third-order valence-electron chi connectivity index (χ3n) is 4.81. The highest BCUT2D eigenvalue weighted by Crippen LogP contribution is 2.23. The SMILES string of the molecule is COc1cccc(NC(=O)COC(=O)c2cccc(S(=O)(=O)N(C)c3ccc(C)cc3)c2)c1. The van der Waals surface area contributed by atoms with Gasteiger partial charge in [0.05, 0.1) is 23.3 Å². The lowest BCUT2D eigenvalue weighted by molar-refractivity contribution is -0.119. The molecule has 0 saturated carbocycles. The van der Waals surface area contributed by atoms with Crippen molar-refractivity contribution in [3.8, 4) is 5.75 Å². The Bertz CT molecular complexity index is 1260. The molecule has 8 nitrogen and oxygen atoms in total. The molecule has 0 heterocycles. The van der Waals surface area contributed by atoms with Gasteiger partial charge in [0, 0.05) is 18.8 Å². The molecule has 0 aliphatic rings. The van der Waals surface area contributed by atoms with Crippen LogP contribution >= 0.6 is 0 Å². The van der Waals surface area contributed by atoms with Crippen LogP contribution in [0.4, 0.5) is 11.4 Å². The van der Waals surface area contributed by atoms with E-state index >= 15 is 0 Å². The van der Waals surface area contributed by atoms with Crippen LogP contribution in [0.3, 0.4) is 0 Å². The summed E-state index contributed by atoms with van der Waals surface area (Å²) < 4.78 is 37.3. The third-order valence-corrected chi connectivity index (χ3v) is 6.60. The molecule has 0 aromatic heterocycles. The molecule has 0 saturated heterocycles. The first-order valence-corrected chi connectivity index (χ1v) is 11.4. The number of carbonyl (C=O) groups excluding carboxylic acids is 2. The molecule has 0 aliphatic heterocycles. The number of benzene rings is 3. The van der Waals surface area contributed by atoms with Crippen LogP contribution in [0.1, 0.15) is 15.9 Å². The predicted octanol–water partition coefficient (Wildman–Crippen LogP) is 3.62. The summed E-state index contributed by atoms with van der Waals surface area (Å²) in [5, 5.41) is 2.60. The number of nitrogens with zero attached hydrogens (tertiary/aromatic N) is 1. The molecule has 3 rings (SSSR count). The Labute approximate surface area is 192 Å². The summed E-state index contributed by atoms with van der Waals surface area (Å²) in [6.07, 6.45) is 0. The van der Waals surface area contributed by atoms with Crippen LogP contribution in [0.2, 0.25) is 0 Å². The van der Waals surface area contributed by atoms with Crippen molar-refractivity contribution in [2.75, 3.05) is 30.4 Å². The first-order chi connectivity index (χ1) is 15.7. The zero-order valence-electron chi connectivity index (χ0n) is 18.4. The van der Waals surface area contributed by atoms with Crippen molar-refractivity contribution in [2.45, 2.75) is 11.8 Å². The van der Waals surface area contributed by atoms with E-state index in [9.17, 15) is 18.0 Å². The second kappa shape index (κ2) is 10.2. The molecule has 0 unspecified atom stereocenters. The van der Waals surface area contributed by atoms with Crippen molar-refractivity contribution in [3.05, 3.63) is 83.9 Å². The quantitative estimate of drug-likeness (QED) is 0.507. The van der Waals surface area contributed by atoms with Crippen molar-refractivity contribution in [2.24, 2.45) is 0 Å². The maximum absolute atomic E-state index is 13.0. The van der Waals surface area contributed by atoms with E-state index in [0.717, 1.165) is 9.87 Å². The largest absolute Gasteiger partial charge is 0.497 e. The molecule has 9 heteroatoms. The molecular formula is C24H24N2O6S. The first-order valence-electron chi connectivity index (χ1n) is 9.97. The topological polar surface area (TPSA) is 102 Å². The van der Waals surface area contributed by atoms with Gasteiger partial charge >= 0.3 is 5.97 Å². The van der Waals surface area contributed by atoms with E-state index < -0.39 is 28.5 Å². The lowest BCUT2D eigenvalue weighted by Crippen LogP contribution is -2.27. The first kappa shape index (κ1) is 23.8. The number of anilines is 2. The summed E-state index contributed by atoms with van der Waals surface area (Å²) in [6, 6.07) is 19.2. The normalized spacial score (nSPS) is 10.9. The Morgan fingerprint density at radius 2 is 1.67 bits per heavy atom. The van der Waals surface area contributed by atoms with Crippen LogP contribution in [0, 0.1) is 6.92 Å². The van der Waals surface area contributed by atoms with Gasteiger partial charge < -0.3 is 14.8 Å². The second-order valence-corrected chi connectivity index (χ2v) is 9.16. The van der Waals surface area contributed by atoms with Crippen molar-refractivity contribution < 1.29 is 27.5 Å². The van der Waals surface area contributed by atoms with E-state index in [1.807, 2.05) is 19.1 Å². The Morgan fingerprint density at radius 3 is 2.36 bits per heavy atom. The van der Waals surface area contributed by atoms with Gasteiger partial charge in [0.15, 0.2) is 6.61 Å². The van der Waals surface area contributed by atoms with Gasteiger partial charge in [-0.25, -0.2) is 13.2 Å². The van der Waals surface area contributed by atoms with E-state index in [-0.39, 0.29) is 10.5 Å². The molecule has 0 aliphatic carbocycles. The smallest absolute Gasteiger partial charge is 0.338 e. The van der Waals surface area contributed by atoms with Crippen LogP contribution in [0.25, 0.3) is 0 Å². The lowest BCUT2D eigenvalue weighted by atomic mass is 10.2. The molecule has 0 spiro atoms. The second-order valence-electron chi connectivity index (χ2n) is 7.19. The van der Waals surface area contributed by atoms with Gasteiger partial charge in [0.25, 0.3) is 15.9 Å². The van der Waals surface area contributed by atoms with Gasteiger partial charge in [-0.2, -0.15) is 0 Å². The zero-order chi connectivity index (χ0) is 24.0. The van der Waals surface area contributed by atoms with Crippen LogP contribution < -0.4 is 14.4 Å². The summed E-state index contributed by atoms with van der Waals surface area (Å²) in [5.74, 6) is -0.788. The van der Waals surface area contributed by atoms with Crippen molar-refractivity contribution in [1.82, 2.24) is 0 Å². The molecule has 1 amide bonds. The average Bonchev–Trinajstić information content (AvgIpc) is 2.82. The maximum Gasteiger partial charge on any atom is 0.338 e. The molecule has 0 radical (unpaired) electrons. The monoisotopic (exact) mass is 468 g/mol. The third kappa shape index (κ3) is 5.89. The molecule has 3 aromatic rings. The minimum Gasteiger partial charge on any atom is -0.497 e. The highest BCUT2D eigenvalue weighted by Gasteiger charge is 2.23. The van der Waals surface area contributed by atoms with Crippen LogP contribution in [-0.4, -0.2) is 41.1 Å². The molecule has 0 bridgehead atoms. The number of aryl methyl sites for hydroxylation is 1. The molecule has 3 aromatic carbocycles. The van der Waals surface area contributed by atoms with Crippen LogP contribution in [0.5, 0.6) is 5.75 Å². The van der Waals surface area contributed by atoms with Crippen LogP contribution in [0.15, 0.2) is 77.7 Å². The summed E-state index contributed by atoms with van der Waals surface area (Å²) in [4.78, 5) is 24.5. The highest BCUT2D eigenvalue weighted by atomic mass is 32.2. The fourth-order valence-electron chi connectivity index (χ4n) is 2.95. The minimum atomic E-state index is -3.91. The fraction of sp³-hybridized carbons (Fsp3) is 0.167. The Morgan fingerprint density at radius 1 is 0.970 bits per heavy atom. The summed E-state index contributed by atoms with van der Waals surface area (Å²) in [6.45, 7) is 1.38. The van der Waals surface area contributed by atoms with E-state index in [4.69, 9.17) is 9.47 Å². The summed E-state index contributed by atoms with van der Waals surface area (Å²) >= 11 is 0. The molecule has 0 fully saturated rings. The summed E-state index contributed by atoms with van der Waals surface area (Å²) in [5.41, 5.74) is 2.00. The lowest BCUT2D eigenvalue weighted by Gasteiger charge is -2.20. The van der Waals surface area contributed by atoms with Gasteiger partial charge in [-0.15, -0.1) is 0 Å². The predicted molar refractivity (Wildman–Crippen MR) is 125 cm³/mol. The van der Waals surface area contributed by atoms with Gasteiger partial charge in [0.2, 0.25) is 0 Å². The number of ether oxygens (including phenoxy) is 2. The van der Waals surface area contributed by atoms with Crippen molar-refractivity contribution in [3.63, 3.8) is 0 Å². The fourth-order valence-corrected chi connectivity index (χ4v) is 4.19. The number of hydrogen-bond acceptors (Lipinski definition) is 6. The average molecular weight is 469 g/mol. The zero-order valence-corrected chi connectivity index (χ0v) is 19.3. The Hall–Kier alpha value is -3.85. The number of carbonyl (C=O) groups is 2. The standard InChI is InChI=1S/C24H24N2O6S/c1-17-10-12-20(13-11-17)26(2)33(29,30)22-9-4-6-18(14-22)24(28)32-16-23(27)25-19-7-5-8-21(15-19)31-3/h4-15H,16H2,1-3H3,(H,25,27). The Kier molecular flexibility index (Phi) is 7.34. The molecule has 33 heavy (non-hydrogen) atoms. The number of amides is 1. The van der Waals surface area contributed by atoms with Crippen LogP contribution in [-0.2, 0) is 19.6 Å². The molecule has 172 valence electrons. The van der Waals surface area contributed by atoms with Crippen molar-refractivity contribution >= 4 is 33.3 Å². The molecule has 1 N–H and O–H groups in total. The van der Waals surface area contributed by atoms with E-state index in [1.54, 1.807) is 36.4 Å². The molecular weight excluding hydrogens is 444 g/mol. The van der Waals surface area contributed by atoms with E-state index in [1.165, 1.54) is 38.4 Å². The van der Waals surface area contributed by atoms with E-state index in [2.05, 4.69) is 5.32 Å². The van der Waals surface area contributed by atoms with Crippen molar-refractivity contribution in [1.29, 1.82) is 0 Å². The van der Waals surface area contributed by atoms with Gasteiger partial charge in [-0.1, -0.05) is 29.8 Å². The highest BCUT2D eigenvalue weighted by molar-refractivity contribution is 7.92. The molecule has 0 atom stereocenters. The maximum atomic E-state index is 13.0.